The van der Waals surface area contributed by atoms with Gasteiger partial charge in [0.05, 0.1) is 6.54 Å². The van der Waals surface area contributed by atoms with Gasteiger partial charge in [0.15, 0.2) is 0 Å². The van der Waals surface area contributed by atoms with Crippen LogP contribution in [0.1, 0.15) is 5.82 Å². The van der Waals surface area contributed by atoms with Crippen LogP contribution in [-0.2, 0) is 13.1 Å². The van der Waals surface area contributed by atoms with Gasteiger partial charge in [-0.2, -0.15) is 0 Å². The lowest BCUT2D eigenvalue weighted by atomic mass is 10.1. The molecule has 1 aliphatic heterocycles. The lowest BCUT2D eigenvalue weighted by Gasteiger charge is -2.19. The van der Waals surface area contributed by atoms with Crippen LogP contribution in [0.15, 0.2) is 12.4 Å². The Kier molecular flexibility index (Phi) is 6.99. The zero-order valence-corrected chi connectivity index (χ0v) is 11.4. The summed E-state index contributed by atoms with van der Waals surface area (Å²) >= 11 is 0. The van der Waals surface area contributed by atoms with E-state index in [9.17, 15) is 0 Å². The second-order valence-electron chi connectivity index (χ2n) is 4.26. The SMILES string of the molecule is CN(C)CC1CNCc2nccn2C1.Cl.Cl. The van der Waals surface area contributed by atoms with Crippen LogP contribution in [0.25, 0.3) is 0 Å². The molecule has 4 nitrogen and oxygen atoms in total. The molecular weight excluding hydrogens is 247 g/mol. The third-order valence-electron chi connectivity index (χ3n) is 2.60. The topological polar surface area (TPSA) is 33.1 Å². The Morgan fingerprint density at radius 1 is 1.50 bits per heavy atom. The summed E-state index contributed by atoms with van der Waals surface area (Å²) in [5, 5.41) is 3.44. The smallest absolute Gasteiger partial charge is 0.122 e. The number of nitrogens with zero attached hydrogens (tertiary/aromatic N) is 3. The molecule has 2 heterocycles. The fourth-order valence-electron chi connectivity index (χ4n) is 2.04. The molecule has 0 spiro atoms. The molecule has 0 fully saturated rings. The van der Waals surface area contributed by atoms with Gasteiger partial charge in [0.1, 0.15) is 5.82 Å². The van der Waals surface area contributed by atoms with Crippen LogP contribution >= 0.6 is 24.8 Å². The van der Waals surface area contributed by atoms with Gasteiger partial charge in [0, 0.05) is 37.9 Å². The molecule has 0 saturated heterocycles. The van der Waals surface area contributed by atoms with Gasteiger partial charge in [-0.3, -0.25) is 0 Å². The molecule has 2 rings (SSSR count). The van der Waals surface area contributed by atoms with Crippen molar-refractivity contribution in [2.45, 2.75) is 13.1 Å². The van der Waals surface area contributed by atoms with Crippen molar-refractivity contribution in [2.75, 3.05) is 27.2 Å². The molecule has 94 valence electrons. The molecule has 0 saturated carbocycles. The maximum Gasteiger partial charge on any atom is 0.122 e. The van der Waals surface area contributed by atoms with Crippen molar-refractivity contribution in [3.8, 4) is 0 Å². The van der Waals surface area contributed by atoms with Gasteiger partial charge < -0.3 is 14.8 Å². The number of rotatable bonds is 2. The van der Waals surface area contributed by atoms with E-state index in [0.717, 1.165) is 32.0 Å². The van der Waals surface area contributed by atoms with Crippen LogP contribution in [0.5, 0.6) is 0 Å². The summed E-state index contributed by atoms with van der Waals surface area (Å²) in [6.45, 7) is 4.20. The van der Waals surface area contributed by atoms with Crippen molar-refractivity contribution in [1.29, 1.82) is 0 Å². The third kappa shape index (κ3) is 3.94. The van der Waals surface area contributed by atoms with E-state index in [1.54, 1.807) is 0 Å². The van der Waals surface area contributed by atoms with Gasteiger partial charge in [0.2, 0.25) is 0 Å². The summed E-state index contributed by atoms with van der Waals surface area (Å²) in [6.07, 6.45) is 3.96. The first-order valence-corrected chi connectivity index (χ1v) is 5.11. The highest BCUT2D eigenvalue weighted by Crippen LogP contribution is 2.09. The number of fused-ring (bicyclic) bond motifs is 1. The second-order valence-corrected chi connectivity index (χ2v) is 4.26. The molecule has 0 aromatic carbocycles. The van der Waals surface area contributed by atoms with E-state index in [2.05, 4.69) is 40.1 Å². The molecule has 0 bridgehead atoms. The summed E-state index contributed by atoms with van der Waals surface area (Å²) < 4.78 is 2.26. The number of hydrogen-bond acceptors (Lipinski definition) is 3. The lowest BCUT2D eigenvalue weighted by molar-refractivity contribution is 0.299. The Bertz CT molecular complexity index is 301. The summed E-state index contributed by atoms with van der Waals surface area (Å²) in [5.74, 6) is 1.84. The number of imidazole rings is 1. The first-order valence-electron chi connectivity index (χ1n) is 5.11. The zero-order valence-electron chi connectivity index (χ0n) is 9.72. The highest BCUT2D eigenvalue weighted by molar-refractivity contribution is 5.85. The van der Waals surface area contributed by atoms with Gasteiger partial charge in [-0.05, 0) is 14.1 Å². The minimum absolute atomic E-state index is 0. The van der Waals surface area contributed by atoms with Crippen LogP contribution in [-0.4, -0.2) is 41.6 Å². The maximum atomic E-state index is 4.32. The summed E-state index contributed by atoms with van der Waals surface area (Å²) in [4.78, 5) is 6.56. The van der Waals surface area contributed by atoms with Crippen LogP contribution in [0, 0.1) is 5.92 Å². The van der Waals surface area contributed by atoms with Gasteiger partial charge in [0.25, 0.3) is 0 Å². The molecule has 1 N–H and O–H groups in total. The van der Waals surface area contributed by atoms with E-state index in [1.165, 1.54) is 0 Å². The third-order valence-corrected chi connectivity index (χ3v) is 2.60. The van der Waals surface area contributed by atoms with Crippen molar-refractivity contribution >= 4 is 24.8 Å². The largest absolute Gasteiger partial charge is 0.333 e. The minimum Gasteiger partial charge on any atom is -0.333 e. The Morgan fingerprint density at radius 3 is 2.94 bits per heavy atom. The first kappa shape index (κ1) is 15.7. The summed E-state index contributed by atoms with van der Waals surface area (Å²) in [7, 11) is 4.25. The van der Waals surface area contributed by atoms with E-state index in [0.29, 0.717) is 5.92 Å². The van der Waals surface area contributed by atoms with Crippen LogP contribution in [0.2, 0.25) is 0 Å². The normalized spacial score (nSPS) is 19.3. The van der Waals surface area contributed by atoms with Crippen LogP contribution in [0.3, 0.4) is 0 Å². The highest BCUT2D eigenvalue weighted by atomic mass is 35.5. The number of halogens is 2. The van der Waals surface area contributed by atoms with E-state index < -0.39 is 0 Å². The van der Waals surface area contributed by atoms with Crippen molar-refractivity contribution in [3.63, 3.8) is 0 Å². The van der Waals surface area contributed by atoms with Gasteiger partial charge in [-0.15, -0.1) is 24.8 Å². The Hall–Kier alpha value is -0.290. The molecule has 0 amide bonds. The summed E-state index contributed by atoms with van der Waals surface area (Å²) in [6, 6.07) is 0. The van der Waals surface area contributed by atoms with Gasteiger partial charge in [-0.1, -0.05) is 0 Å². The monoisotopic (exact) mass is 266 g/mol. The van der Waals surface area contributed by atoms with E-state index in [-0.39, 0.29) is 24.8 Å². The Morgan fingerprint density at radius 2 is 2.25 bits per heavy atom. The molecule has 1 unspecified atom stereocenters. The van der Waals surface area contributed by atoms with E-state index in [4.69, 9.17) is 0 Å². The lowest BCUT2D eigenvalue weighted by Crippen LogP contribution is -2.30. The van der Waals surface area contributed by atoms with Crippen molar-refractivity contribution in [2.24, 2.45) is 5.92 Å². The van der Waals surface area contributed by atoms with Crippen LogP contribution < -0.4 is 5.32 Å². The zero-order chi connectivity index (χ0) is 9.97. The summed E-state index contributed by atoms with van der Waals surface area (Å²) in [5.41, 5.74) is 0. The van der Waals surface area contributed by atoms with Crippen molar-refractivity contribution in [1.82, 2.24) is 19.8 Å². The fourth-order valence-corrected chi connectivity index (χ4v) is 2.04. The minimum atomic E-state index is 0. The standard InChI is InChI=1S/C10H18N4.2ClH/c1-13(2)7-9-5-11-6-10-12-3-4-14(10)8-9;;/h3-4,9,11H,5-8H2,1-2H3;2*1H. The number of aromatic nitrogens is 2. The molecule has 6 heteroatoms. The maximum absolute atomic E-state index is 4.32. The van der Waals surface area contributed by atoms with Crippen molar-refractivity contribution in [3.05, 3.63) is 18.2 Å². The average molecular weight is 267 g/mol. The fraction of sp³-hybridized carbons (Fsp3) is 0.700. The molecule has 1 aromatic heterocycles. The first-order chi connectivity index (χ1) is 6.75. The predicted octanol–water partition coefficient (Wildman–Crippen LogP) is 1.01. The molecule has 0 radical (unpaired) electrons. The second kappa shape index (κ2) is 7.12. The predicted molar refractivity (Wildman–Crippen MR) is 70.5 cm³/mol. The Labute approximate surface area is 109 Å². The molecule has 1 aromatic rings. The number of nitrogens with one attached hydrogen (secondary N) is 1. The molecular formula is C10H20Cl2N4. The van der Waals surface area contributed by atoms with Gasteiger partial charge >= 0.3 is 0 Å². The average Bonchev–Trinajstić information content (AvgIpc) is 2.44. The van der Waals surface area contributed by atoms with E-state index >= 15 is 0 Å². The van der Waals surface area contributed by atoms with Crippen LogP contribution in [0.4, 0.5) is 0 Å². The van der Waals surface area contributed by atoms with Crippen molar-refractivity contribution < 1.29 is 0 Å². The quantitative estimate of drug-likeness (QED) is 0.868. The van der Waals surface area contributed by atoms with E-state index in [1.807, 2.05) is 6.20 Å². The Balaban J connectivity index is 0.00000112. The molecule has 1 atom stereocenters. The highest BCUT2D eigenvalue weighted by Gasteiger charge is 2.16. The molecule has 16 heavy (non-hydrogen) atoms. The molecule has 1 aliphatic rings. The van der Waals surface area contributed by atoms with Gasteiger partial charge in [-0.25, -0.2) is 4.98 Å². The number of hydrogen-bond donors (Lipinski definition) is 1. The molecule has 0 aliphatic carbocycles.